The Hall–Kier alpha value is -1.95. The molecule has 2 aromatic carbocycles. The SMILES string of the molecule is CC(C)(Oc1ccccc1)[C@H](O)/C=C/[C@@H]1[C@H]2c3cccc(CCCS)c3O[C@H]2C[C@H]1O. The molecule has 1 saturated carbocycles. The summed E-state index contributed by atoms with van der Waals surface area (Å²) >= 11 is 4.33. The van der Waals surface area contributed by atoms with E-state index in [4.69, 9.17) is 9.47 Å². The number of hydrogen-bond donors (Lipinski definition) is 3. The van der Waals surface area contributed by atoms with E-state index in [1.54, 1.807) is 6.08 Å². The number of ether oxygens (including phenoxy) is 2. The molecule has 0 radical (unpaired) electrons. The largest absolute Gasteiger partial charge is 0.489 e. The summed E-state index contributed by atoms with van der Waals surface area (Å²) in [5.74, 6) is 2.54. The Morgan fingerprint density at radius 3 is 2.71 bits per heavy atom. The summed E-state index contributed by atoms with van der Waals surface area (Å²) in [4.78, 5) is 0. The van der Waals surface area contributed by atoms with Crippen molar-refractivity contribution in [3.05, 3.63) is 71.8 Å². The molecule has 1 heterocycles. The van der Waals surface area contributed by atoms with Gasteiger partial charge < -0.3 is 19.7 Å². The monoisotopic (exact) mass is 440 g/mol. The highest BCUT2D eigenvalue weighted by atomic mass is 32.1. The van der Waals surface area contributed by atoms with Gasteiger partial charge in [-0.1, -0.05) is 48.6 Å². The van der Waals surface area contributed by atoms with Gasteiger partial charge in [0.15, 0.2) is 0 Å². The van der Waals surface area contributed by atoms with Crippen LogP contribution in [0.5, 0.6) is 11.5 Å². The fraction of sp³-hybridized carbons (Fsp3) is 0.462. The van der Waals surface area contributed by atoms with E-state index < -0.39 is 17.8 Å². The number of benzene rings is 2. The molecule has 31 heavy (non-hydrogen) atoms. The van der Waals surface area contributed by atoms with Crippen LogP contribution in [0, 0.1) is 5.92 Å². The first-order chi connectivity index (χ1) is 14.9. The molecule has 1 aliphatic carbocycles. The van der Waals surface area contributed by atoms with Gasteiger partial charge in [-0.15, -0.1) is 0 Å². The maximum Gasteiger partial charge on any atom is 0.133 e. The summed E-state index contributed by atoms with van der Waals surface area (Å²) in [6, 6.07) is 15.8. The van der Waals surface area contributed by atoms with E-state index in [2.05, 4.69) is 30.8 Å². The first-order valence-corrected chi connectivity index (χ1v) is 11.7. The van der Waals surface area contributed by atoms with E-state index in [-0.39, 0.29) is 17.9 Å². The molecular weight excluding hydrogens is 408 g/mol. The smallest absolute Gasteiger partial charge is 0.133 e. The summed E-state index contributed by atoms with van der Waals surface area (Å²) in [7, 11) is 0. The van der Waals surface area contributed by atoms with Crippen LogP contribution in [-0.2, 0) is 6.42 Å². The molecule has 2 N–H and O–H groups in total. The van der Waals surface area contributed by atoms with Gasteiger partial charge in [-0.05, 0) is 50.1 Å². The third-order valence-electron chi connectivity index (χ3n) is 6.44. The summed E-state index contributed by atoms with van der Waals surface area (Å²) in [6.45, 7) is 3.73. The fourth-order valence-electron chi connectivity index (χ4n) is 4.75. The average Bonchev–Trinajstić information content (AvgIpc) is 3.25. The molecule has 0 aromatic heterocycles. The third kappa shape index (κ3) is 4.64. The van der Waals surface area contributed by atoms with Crippen LogP contribution in [0.3, 0.4) is 0 Å². The second-order valence-electron chi connectivity index (χ2n) is 9.07. The molecule has 4 rings (SSSR count). The lowest BCUT2D eigenvalue weighted by atomic mass is 9.86. The second kappa shape index (κ2) is 9.27. The van der Waals surface area contributed by atoms with Crippen molar-refractivity contribution in [1.29, 1.82) is 0 Å². The molecule has 2 aliphatic rings. The normalized spacial score (nSPS) is 25.8. The second-order valence-corrected chi connectivity index (χ2v) is 9.52. The predicted octanol–water partition coefficient (Wildman–Crippen LogP) is 4.55. The standard InChI is InChI=1S/C26H32O4S/c1-26(2,30-18-10-4-3-5-11-18)23(28)14-13-19-21(27)16-22-24(19)20-12-6-8-17(9-7-15-31)25(20)29-22/h3-6,8,10-14,19,21-24,27-28,31H,7,9,15-16H2,1-2H3/b14-13+/t19-,21+,22-,23+,24-/m0/s1. The van der Waals surface area contributed by atoms with Crippen molar-refractivity contribution in [3.8, 4) is 11.5 Å². The molecule has 4 nitrogen and oxygen atoms in total. The van der Waals surface area contributed by atoms with Crippen LogP contribution in [0.2, 0.25) is 0 Å². The van der Waals surface area contributed by atoms with Crippen molar-refractivity contribution in [2.45, 2.75) is 62.9 Å². The Kier molecular flexibility index (Phi) is 6.65. The number of aryl methyl sites for hydroxylation is 1. The molecule has 0 saturated heterocycles. The van der Waals surface area contributed by atoms with Crippen LogP contribution >= 0.6 is 12.6 Å². The van der Waals surface area contributed by atoms with Crippen LogP contribution in [0.1, 0.15) is 43.7 Å². The number of rotatable bonds is 8. The van der Waals surface area contributed by atoms with Crippen molar-refractivity contribution in [1.82, 2.24) is 0 Å². The minimum absolute atomic E-state index is 0.0254. The lowest BCUT2D eigenvalue weighted by molar-refractivity contribution is -0.00221. The molecule has 1 fully saturated rings. The van der Waals surface area contributed by atoms with Gasteiger partial charge in [0.2, 0.25) is 0 Å². The molecule has 0 bridgehead atoms. The number of para-hydroxylation sites is 2. The number of hydrogen-bond acceptors (Lipinski definition) is 5. The minimum Gasteiger partial charge on any atom is -0.489 e. The number of fused-ring (bicyclic) bond motifs is 3. The summed E-state index contributed by atoms with van der Waals surface area (Å²) in [6.07, 6.45) is 4.93. The molecule has 5 heteroatoms. The lowest BCUT2D eigenvalue weighted by Gasteiger charge is -2.30. The van der Waals surface area contributed by atoms with Gasteiger partial charge in [-0.25, -0.2) is 0 Å². The molecule has 5 atom stereocenters. The van der Waals surface area contributed by atoms with Crippen LogP contribution in [-0.4, -0.2) is 39.9 Å². The maximum absolute atomic E-state index is 10.8. The zero-order chi connectivity index (χ0) is 22.0. The van der Waals surface area contributed by atoms with Gasteiger partial charge in [0, 0.05) is 23.8 Å². The Bertz CT molecular complexity index is 911. The van der Waals surface area contributed by atoms with Gasteiger partial charge >= 0.3 is 0 Å². The Labute approximate surface area is 190 Å². The summed E-state index contributed by atoms with van der Waals surface area (Å²) in [5.41, 5.74) is 1.59. The third-order valence-corrected chi connectivity index (χ3v) is 6.76. The van der Waals surface area contributed by atoms with Crippen molar-refractivity contribution in [2.75, 3.05) is 5.75 Å². The Morgan fingerprint density at radius 1 is 1.19 bits per heavy atom. The number of aliphatic hydroxyl groups is 2. The topological polar surface area (TPSA) is 58.9 Å². The van der Waals surface area contributed by atoms with Crippen LogP contribution in [0.15, 0.2) is 60.7 Å². The van der Waals surface area contributed by atoms with Crippen LogP contribution < -0.4 is 9.47 Å². The molecule has 0 unspecified atom stereocenters. The Morgan fingerprint density at radius 2 is 1.97 bits per heavy atom. The first-order valence-electron chi connectivity index (χ1n) is 11.1. The highest BCUT2D eigenvalue weighted by Crippen LogP contribution is 2.52. The molecule has 0 amide bonds. The zero-order valence-electron chi connectivity index (χ0n) is 18.1. The number of aliphatic hydroxyl groups excluding tert-OH is 2. The highest BCUT2D eigenvalue weighted by molar-refractivity contribution is 7.80. The first kappa shape index (κ1) is 22.3. The van der Waals surface area contributed by atoms with Gasteiger partial charge in [0.1, 0.15) is 29.3 Å². The van der Waals surface area contributed by atoms with Gasteiger partial charge in [0.05, 0.1) is 6.10 Å². The van der Waals surface area contributed by atoms with E-state index in [0.717, 1.165) is 24.3 Å². The van der Waals surface area contributed by atoms with Crippen molar-refractivity contribution in [3.63, 3.8) is 0 Å². The molecular formula is C26H32O4S. The zero-order valence-corrected chi connectivity index (χ0v) is 19.0. The lowest BCUT2D eigenvalue weighted by Crippen LogP contribution is -2.41. The highest BCUT2D eigenvalue weighted by Gasteiger charge is 2.49. The molecule has 1 aliphatic heterocycles. The average molecular weight is 441 g/mol. The van der Waals surface area contributed by atoms with E-state index in [1.807, 2.05) is 50.3 Å². The van der Waals surface area contributed by atoms with Crippen LogP contribution in [0.4, 0.5) is 0 Å². The summed E-state index contributed by atoms with van der Waals surface area (Å²) in [5, 5.41) is 21.6. The minimum atomic E-state index is -0.817. The maximum atomic E-state index is 10.8. The van der Waals surface area contributed by atoms with E-state index in [1.165, 1.54) is 11.1 Å². The quantitative estimate of drug-likeness (QED) is 0.416. The predicted molar refractivity (Wildman–Crippen MR) is 126 cm³/mol. The van der Waals surface area contributed by atoms with Gasteiger partial charge in [-0.2, -0.15) is 12.6 Å². The molecule has 166 valence electrons. The number of thiol groups is 1. The van der Waals surface area contributed by atoms with Gasteiger partial charge in [-0.3, -0.25) is 0 Å². The van der Waals surface area contributed by atoms with Gasteiger partial charge in [0.25, 0.3) is 0 Å². The molecule has 0 spiro atoms. The van der Waals surface area contributed by atoms with E-state index in [9.17, 15) is 10.2 Å². The van der Waals surface area contributed by atoms with Crippen molar-refractivity contribution < 1.29 is 19.7 Å². The van der Waals surface area contributed by atoms with Crippen molar-refractivity contribution in [2.24, 2.45) is 5.92 Å². The Balaban J connectivity index is 1.51. The van der Waals surface area contributed by atoms with E-state index >= 15 is 0 Å². The molecule has 2 aromatic rings. The van der Waals surface area contributed by atoms with Crippen molar-refractivity contribution >= 4 is 12.6 Å². The summed E-state index contributed by atoms with van der Waals surface area (Å²) < 4.78 is 12.3. The fourth-order valence-corrected chi connectivity index (χ4v) is 4.91. The van der Waals surface area contributed by atoms with Crippen LogP contribution in [0.25, 0.3) is 0 Å². The van der Waals surface area contributed by atoms with E-state index in [0.29, 0.717) is 12.2 Å².